The second-order valence-corrected chi connectivity index (χ2v) is 6.22. The lowest BCUT2D eigenvalue weighted by atomic mass is 10.1. The highest BCUT2D eigenvalue weighted by atomic mass is 15.6. The van der Waals surface area contributed by atoms with Crippen LogP contribution in [0.1, 0.15) is 45.4 Å². The van der Waals surface area contributed by atoms with Crippen molar-refractivity contribution in [2.45, 2.75) is 45.4 Å². The Labute approximate surface area is 125 Å². The summed E-state index contributed by atoms with van der Waals surface area (Å²) in [6, 6.07) is 0. The van der Waals surface area contributed by atoms with E-state index in [4.69, 9.17) is 0 Å². The highest BCUT2D eigenvalue weighted by molar-refractivity contribution is 4.73. The molecule has 2 heterocycles. The lowest BCUT2D eigenvalue weighted by Gasteiger charge is -2.42. The van der Waals surface area contributed by atoms with Gasteiger partial charge in [-0.05, 0) is 45.3 Å². The van der Waals surface area contributed by atoms with Crippen molar-refractivity contribution in [2.75, 3.05) is 58.9 Å². The van der Waals surface area contributed by atoms with Crippen molar-refractivity contribution >= 4 is 0 Å². The van der Waals surface area contributed by atoms with E-state index in [9.17, 15) is 0 Å². The molecule has 0 radical (unpaired) electrons. The largest absolute Gasteiger partial charge is 0.317 e. The van der Waals surface area contributed by atoms with Crippen LogP contribution in [0.25, 0.3) is 0 Å². The summed E-state index contributed by atoms with van der Waals surface area (Å²) in [5.41, 5.74) is 0. The fourth-order valence-corrected chi connectivity index (χ4v) is 3.34. The average Bonchev–Trinajstić information content (AvgIpc) is 2.52. The summed E-state index contributed by atoms with van der Waals surface area (Å²) in [5, 5.41) is 8.62. The molecule has 0 unspecified atom stereocenters. The summed E-state index contributed by atoms with van der Waals surface area (Å²) in [6.45, 7) is 13.4. The van der Waals surface area contributed by atoms with Gasteiger partial charge >= 0.3 is 0 Å². The number of hydrazine groups is 1. The first kappa shape index (κ1) is 16.2. The van der Waals surface area contributed by atoms with E-state index in [1.165, 1.54) is 90.9 Å². The number of piperidine rings is 1. The average molecular weight is 282 g/mol. The highest BCUT2D eigenvalue weighted by Gasteiger charge is 2.22. The zero-order valence-corrected chi connectivity index (χ0v) is 13.4. The summed E-state index contributed by atoms with van der Waals surface area (Å²) in [6.07, 6.45) is 8.30. The van der Waals surface area contributed by atoms with Crippen LogP contribution in [0.15, 0.2) is 0 Å². The van der Waals surface area contributed by atoms with E-state index in [0.717, 1.165) is 6.54 Å². The number of nitrogens with zero attached hydrogens (tertiary/aromatic N) is 3. The van der Waals surface area contributed by atoms with Crippen molar-refractivity contribution in [3.63, 3.8) is 0 Å². The van der Waals surface area contributed by atoms with E-state index >= 15 is 0 Å². The third-order valence-electron chi connectivity index (χ3n) is 4.66. The molecule has 0 aromatic rings. The lowest BCUT2D eigenvalue weighted by Crippen LogP contribution is -2.55. The minimum absolute atomic E-state index is 1.11. The summed E-state index contributed by atoms with van der Waals surface area (Å²) < 4.78 is 0. The van der Waals surface area contributed by atoms with Gasteiger partial charge in [0.1, 0.15) is 0 Å². The van der Waals surface area contributed by atoms with Crippen LogP contribution < -0.4 is 5.32 Å². The summed E-state index contributed by atoms with van der Waals surface area (Å²) >= 11 is 0. The van der Waals surface area contributed by atoms with Gasteiger partial charge in [0.25, 0.3) is 0 Å². The van der Waals surface area contributed by atoms with Gasteiger partial charge in [-0.15, -0.1) is 0 Å². The van der Waals surface area contributed by atoms with E-state index in [1.54, 1.807) is 0 Å². The molecule has 4 nitrogen and oxygen atoms in total. The molecule has 0 aliphatic carbocycles. The Balaban J connectivity index is 1.50. The van der Waals surface area contributed by atoms with Crippen molar-refractivity contribution in [3.05, 3.63) is 0 Å². The van der Waals surface area contributed by atoms with Crippen LogP contribution in [0.5, 0.6) is 0 Å². The quantitative estimate of drug-likeness (QED) is 0.685. The molecule has 118 valence electrons. The minimum Gasteiger partial charge on any atom is -0.317 e. The maximum Gasteiger partial charge on any atom is 0.0261 e. The molecular weight excluding hydrogens is 248 g/mol. The van der Waals surface area contributed by atoms with E-state index < -0.39 is 0 Å². The van der Waals surface area contributed by atoms with Gasteiger partial charge in [0.15, 0.2) is 0 Å². The van der Waals surface area contributed by atoms with Gasteiger partial charge in [-0.3, -0.25) is 0 Å². The Hall–Kier alpha value is -0.160. The summed E-state index contributed by atoms with van der Waals surface area (Å²) in [4.78, 5) is 2.66. The Kier molecular flexibility index (Phi) is 7.88. The SMILES string of the molecule is CCNCCCCCN1CCN(N2CCCCC2)CC1. The van der Waals surface area contributed by atoms with Gasteiger partial charge in [0.2, 0.25) is 0 Å². The van der Waals surface area contributed by atoms with Crippen molar-refractivity contribution in [3.8, 4) is 0 Å². The molecule has 0 amide bonds. The van der Waals surface area contributed by atoms with Gasteiger partial charge in [-0.2, -0.15) is 0 Å². The fourth-order valence-electron chi connectivity index (χ4n) is 3.34. The monoisotopic (exact) mass is 282 g/mol. The van der Waals surface area contributed by atoms with Crippen LogP contribution >= 0.6 is 0 Å². The molecule has 0 bridgehead atoms. The van der Waals surface area contributed by atoms with E-state index in [-0.39, 0.29) is 0 Å². The third kappa shape index (κ3) is 5.68. The fraction of sp³-hybridized carbons (Fsp3) is 1.00. The maximum absolute atomic E-state index is 3.40. The summed E-state index contributed by atoms with van der Waals surface area (Å²) in [7, 11) is 0. The lowest BCUT2D eigenvalue weighted by molar-refractivity contribution is -0.0681. The number of hydrogen-bond acceptors (Lipinski definition) is 4. The Morgan fingerprint density at radius 1 is 0.750 bits per heavy atom. The first-order valence-electron chi connectivity index (χ1n) is 8.83. The molecule has 0 spiro atoms. The molecule has 20 heavy (non-hydrogen) atoms. The highest BCUT2D eigenvalue weighted by Crippen LogP contribution is 2.14. The maximum atomic E-state index is 3.40. The zero-order chi connectivity index (χ0) is 14.0. The molecule has 2 aliphatic heterocycles. The minimum atomic E-state index is 1.11. The molecule has 2 rings (SSSR count). The number of piperazine rings is 1. The number of rotatable bonds is 8. The first-order chi connectivity index (χ1) is 9.90. The third-order valence-corrected chi connectivity index (χ3v) is 4.66. The molecule has 2 fully saturated rings. The first-order valence-corrected chi connectivity index (χ1v) is 8.83. The number of nitrogens with one attached hydrogen (secondary N) is 1. The topological polar surface area (TPSA) is 21.8 Å². The second kappa shape index (κ2) is 9.72. The van der Waals surface area contributed by atoms with Gasteiger partial charge in [0.05, 0.1) is 0 Å². The van der Waals surface area contributed by atoms with Crippen molar-refractivity contribution < 1.29 is 0 Å². The predicted molar refractivity (Wildman–Crippen MR) is 85.8 cm³/mol. The molecule has 1 N–H and O–H groups in total. The Morgan fingerprint density at radius 2 is 1.45 bits per heavy atom. The van der Waals surface area contributed by atoms with Crippen molar-refractivity contribution in [2.24, 2.45) is 0 Å². The molecule has 0 aromatic carbocycles. The van der Waals surface area contributed by atoms with Crippen LogP contribution in [-0.4, -0.2) is 73.8 Å². The molecule has 2 aliphatic rings. The molecule has 0 saturated carbocycles. The van der Waals surface area contributed by atoms with Gasteiger partial charge in [0, 0.05) is 39.3 Å². The van der Waals surface area contributed by atoms with Gasteiger partial charge in [-0.1, -0.05) is 19.8 Å². The zero-order valence-electron chi connectivity index (χ0n) is 13.4. The van der Waals surface area contributed by atoms with Crippen LogP contribution in [0.4, 0.5) is 0 Å². The van der Waals surface area contributed by atoms with Crippen molar-refractivity contribution in [1.29, 1.82) is 0 Å². The van der Waals surface area contributed by atoms with E-state index in [2.05, 4.69) is 27.2 Å². The van der Waals surface area contributed by atoms with Gasteiger partial charge in [-0.25, -0.2) is 10.0 Å². The van der Waals surface area contributed by atoms with Crippen LogP contribution in [0.2, 0.25) is 0 Å². The Bertz CT molecular complexity index is 233. The number of unbranched alkanes of at least 4 members (excludes halogenated alkanes) is 2. The standard InChI is InChI=1S/C16H34N4/c1-2-17-9-5-3-6-10-18-13-15-20(16-14-18)19-11-7-4-8-12-19/h17H,2-16H2,1H3. The van der Waals surface area contributed by atoms with E-state index in [0.29, 0.717) is 0 Å². The van der Waals surface area contributed by atoms with Crippen molar-refractivity contribution in [1.82, 2.24) is 20.2 Å². The van der Waals surface area contributed by atoms with Crippen LogP contribution in [-0.2, 0) is 0 Å². The molecule has 0 atom stereocenters. The Morgan fingerprint density at radius 3 is 2.15 bits per heavy atom. The summed E-state index contributed by atoms with van der Waals surface area (Å²) in [5.74, 6) is 0. The normalized spacial score (nSPS) is 23.2. The second-order valence-electron chi connectivity index (χ2n) is 6.22. The smallest absolute Gasteiger partial charge is 0.0261 e. The van der Waals surface area contributed by atoms with Crippen LogP contribution in [0.3, 0.4) is 0 Å². The predicted octanol–water partition coefficient (Wildman–Crippen LogP) is 1.78. The molecular formula is C16H34N4. The molecule has 4 heteroatoms. The van der Waals surface area contributed by atoms with Gasteiger partial charge < -0.3 is 10.2 Å². The molecule has 2 saturated heterocycles. The molecule has 0 aromatic heterocycles. The number of hydrogen-bond donors (Lipinski definition) is 1. The van der Waals surface area contributed by atoms with Crippen LogP contribution in [0, 0.1) is 0 Å². The van der Waals surface area contributed by atoms with E-state index in [1.807, 2.05) is 0 Å².